The van der Waals surface area contributed by atoms with Gasteiger partial charge in [-0.25, -0.2) is 4.68 Å². The maximum absolute atomic E-state index is 12.4. The van der Waals surface area contributed by atoms with Crippen molar-refractivity contribution < 1.29 is 14.1 Å². The van der Waals surface area contributed by atoms with Gasteiger partial charge in [0.25, 0.3) is 5.89 Å². The van der Waals surface area contributed by atoms with Gasteiger partial charge in [0.1, 0.15) is 12.3 Å². The van der Waals surface area contributed by atoms with Crippen molar-refractivity contribution in [1.82, 2.24) is 25.1 Å². The van der Waals surface area contributed by atoms with E-state index < -0.39 is 0 Å². The molecule has 3 N–H and O–H groups in total. The molecule has 0 saturated carbocycles. The topological polar surface area (TPSA) is 134 Å². The maximum atomic E-state index is 12.4. The van der Waals surface area contributed by atoms with E-state index in [9.17, 15) is 4.79 Å². The van der Waals surface area contributed by atoms with Gasteiger partial charge in [0.2, 0.25) is 11.7 Å². The highest BCUT2D eigenvalue weighted by atomic mass is 16.5. The predicted octanol–water partition coefficient (Wildman–Crippen LogP) is 2.84. The van der Waals surface area contributed by atoms with Crippen molar-refractivity contribution in [2.45, 2.75) is 20.4 Å². The third-order valence-corrected chi connectivity index (χ3v) is 4.70. The molecule has 31 heavy (non-hydrogen) atoms. The monoisotopic (exact) mass is 419 g/mol. The standard InChI is InChI=1S/C21H21N7O3/c1-12-4-9-16(13(2)10-12)23-17(29)11-28-19(22)18(25-27-28)21-24-20(26-31-21)14-5-7-15(30-3)8-6-14/h4-10H,11,22H2,1-3H3,(H,23,29). The molecule has 0 atom stereocenters. The van der Waals surface area contributed by atoms with Crippen molar-refractivity contribution in [3.05, 3.63) is 53.6 Å². The Kier molecular flexibility index (Phi) is 5.35. The van der Waals surface area contributed by atoms with Crippen LogP contribution in [0.5, 0.6) is 5.75 Å². The molecule has 10 heteroatoms. The van der Waals surface area contributed by atoms with Gasteiger partial charge in [-0.15, -0.1) is 5.10 Å². The smallest absolute Gasteiger partial charge is 0.282 e. The molecule has 0 aliphatic rings. The van der Waals surface area contributed by atoms with Gasteiger partial charge in [0, 0.05) is 11.3 Å². The average Bonchev–Trinajstić information content (AvgIpc) is 3.37. The summed E-state index contributed by atoms with van der Waals surface area (Å²) in [7, 11) is 1.59. The number of carbonyl (C=O) groups excluding carboxylic acids is 1. The molecular formula is C21H21N7O3. The first-order valence-corrected chi connectivity index (χ1v) is 9.49. The van der Waals surface area contributed by atoms with E-state index in [2.05, 4.69) is 25.8 Å². The summed E-state index contributed by atoms with van der Waals surface area (Å²) in [6.07, 6.45) is 0. The lowest BCUT2D eigenvalue weighted by molar-refractivity contribution is -0.116. The van der Waals surface area contributed by atoms with Gasteiger partial charge >= 0.3 is 0 Å². The number of nitrogens with two attached hydrogens (primary N) is 1. The summed E-state index contributed by atoms with van der Waals surface area (Å²) < 4.78 is 11.7. The second-order valence-corrected chi connectivity index (χ2v) is 7.00. The van der Waals surface area contributed by atoms with Gasteiger partial charge in [-0.2, -0.15) is 4.98 Å². The molecule has 4 aromatic rings. The molecule has 0 spiro atoms. The number of methoxy groups -OCH3 is 1. The summed E-state index contributed by atoms with van der Waals surface area (Å²) >= 11 is 0. The van der Waals surface area contributed by atoms with Crippen molar-refractivity contribution in [3.8, 4) is 28.7 Å². The van der Waals surface area contributed by atoms with E-state index in [1.807, 2.05) is 44.2 Å². The van der Waals surface area contributed by atoms with E-state index in [4.69, 9.17) is 15.0 Å². The molecule has 2 aromatic carbocycles. The summed E-state index contributed by atoms with van der Waals surface area (Å²) in [5.41, 5.74) is 9.91. The second-order valence-electron chi connectivity index (χ2n) is 7.00. The van der Waals surface area contributed by atoms with Crippen molar-refractivity contribution in [2.75, 3.05) is 18.2 Å². The summed E-state index contributed by atoms with van der Waals surface area (Å²) in [5.74, 6) is 1.09. The van der Waals surface area contributed by atoms with Gasteiger partial charge in [0.15, 0.2) is 11.5 Å². The summed E-state index contributed by atoms with van der Waals surface area (Å²) in [6, 6.07) is 13.0. The van der Waals surface area contributed by atoms with Gasteiger partial charge < -0.3 is 20.3 Å². The van der Waals surface area contributed by atoms with E-state index in [0.29, 0.717) is 5.82 Å². The highest BCUT2D eigenvalue weighted by Gasteiger charge is 2.20. The molecule has 158 valence electrons. The Labute approximate surface area is 178 Å². The summed E-state index contributed by atoms with van der Waals surface area (Å²) in [5, 5.41) is 14.8. The fraction of sp³-hybridized carbons (Fsp3) is 0.190. The molecule has 0 radical (unpaired) electrons. The van der Waals surface area contributed by atoms with Crippen LogP contribution in [-0.4, -0.2) is 38.2 Å². The third-order valence-electron chi connectivity index (χ3n) is 4.70. The molecular weight excluding hydrogens is 398 g/mol. The fourth-order valence-corrected chi connectivity index (χ4v) is 3.05. The Bertz CT molecular complexity index is 1230. The Hall–Kier alpha value is -4.21. The van der Waals surface area contributed by atoms with Crippen LogP contribution < -0.4 is 15.8 Å². The normalized spacial score (nSPS) is 10.8. The Morgan fingerprint density at radius 3 is 2.68 bits per heavy atom. The zero-order valence-corrected chi connectivity index (χ0v) is 17.3. The van der Waals surface area contributed by atoms with E-state index >= 15 is 0 Å². The first-order chi connectivity index (χ1) is 14.9. The van der Waals surface area contributed by atoms with Crippen LogP contribution >= 0.6 is 0 Å². The minimum atomic E-state index is -0.278. The van der Waals surface area contributed by atoms with Crippen LogP contribution in [0.3, 0.4) is 0 Å². The number of anilines is 2. The molecule has 1 amide bonds. The average molecular weight is 419 g/mol. The predicted molar refractivity (Wildman–Crippen MR) is 114 cm³/mol. The summed E-state index contributed by atoms with van der Waals surface area (Å²) in [4.78, 5) is 16.8. The van der Waals surface area contributed by atoms with E-state index in [0.717, 1.165) is 28.1 Å². The van der Waals surface area contributed by atoms with E-state index in [-0.39, 0.29) is 29.9 Å². The molecule has 0 bridgehead atoms. The van der Waals surface area contributed by atoms with Gasteiger partial charge in [-0.1, -0.05) is 28.1 Å². The molecule has 2 heterocycles. The Morgan fingerprint density at radius 1 is 1.19 bits per heavy atom. The van der Waals surface area contributed by atoms with Crippen molar-refractivity contribution in [1.29, 1.82) is 0 Å². The number of carbonyl (C=O) groups is 1. The van der Waals surface area contributed by atoms with Crippen LogP contribution in [0.1, 0.15) is 11.1 Å². The van der Waals surface area contributed by atoms with Crippen LogP contribution in [0.4, 0.5) is 11.5 Å². The Morgan fingerprint density at radius 2 is 1.97 bits per heavy atom. The molecule has 0 fully saturated rings. The summed E-state index contributed by atoms with van der Waals surface area (Å²) in [6.45, 7) is 3.82. The zero-order chi connectivity index (χ0) is 22.0. The number of amides is 1. The highest BCUT2D eigenvalue weighted by Crippen LogP contribution is 2.26. The largest absolute Gasteiger partial charge is 0.497 e. The number of nitrogen functional groups attached to an aromatic ring is 1. The SMILES string of the molecule is COc1ccc(-c2noc(-c3nnn(CC(=O)Nc4ccc(C)cc4C)c3N)n2)cc1. The van der Waals surface area contributed by atoms with Crippen LogP contribution in [0.25, 0.3) is 23.0 Å². The molecule has 0 saturated heterocycles. The highest BCUT2D eigenvalue weighted by molar-refractivity contribution is 5.91. The van der Waals surface area contributed by atoms with Crippen molar-refractivity contribution in [3.63, 3.8) is 0 Å². The number of rotatable bonds is 6. The van der Waals surface area contributed by atoms with E-state index in [1.165, 1.54) is 4.68 Å². The zero-order valence-electron chi connectivity index (χ0n) is 17.3. The quantitative estimate of drug-likeness (QED) is 0.487. The minimum absolute atomic E-state index is 0.106. The van der Waals surface area contributed by atoms with Crippen LogP contribution in [-0.2, 0) is 11.3 Å². The van der Waals surface area contributed by atoms with Crippen LogP contribution in [0.15, 0.2) is 47.0 Å². The number of nitrogens with one attached hydrogen (secondary N) is 1. The lowest BCUT2D eigenvalue weighted by Gasteiger charge is -2.09. The molecule has 0 aliphatic carbocycles. The molecule has 2 aromatic heterocycles. The van der Waals surface area contributed by atoms with Crippen molar-refractivity contribution >= 4 is 17.4 Å². The first kappa shape index (κ1) is 20.1. The van der Waals surface area contributed by atoms with Gasteiger partial charge in [0.05, 0.1) is 7.11 Å². The van der Waals surface area contributed by atoms with Gasteiger partial charge in [-0.05, 0) is 49.7 Å². The number of aromatic nitrogens is 5. The number of hydrogen-bond acceptors (Lipinski definition) is 8. The first-order valence-electron chi connectivity index (χ1n) is 9.49. The second kappa shape index (κ2) is 8.27. The fourth-order valence-electron chi connectivity index (χ4n) is 3.05. The lowest BCUT2D eigenvalue weighted by atomic mass is 10.1. The molecule has 0 unspecified atom stereocenters. The number of ether oxygens (including phenoxy) is 1. The van der Waals surface area contributed by atoms with Crippen LogP contribution in [0, 0.1) is 13.8 Å². The number of nitrogens with zero attached hydrogens (tertiary/aromatic N) is 5. The van der Waals surface area contributed by atoms with Crippen molar-refractivity contribution in [2.24, 2.45) is 0 Å². The lowest BCUT2D eigenvalue weighted by Crippen LogP contribution is -2.21. The number of hydrogen-bond donors (Lipinski definition) is 2. The van der Waals surface area contributed by atoms with Crippen LogP contribution in [0.2, 0.25) is 0 Å². The number of aryl methyl sites for hydroxylation is 2. The molecule has 10 nitrogen and oxygen atoms in total. The molecule has 0 aliphatic heterocycles. The van der Waals surface area contributed by atoms with E-state index in [1.54, 1.807) is 19.2 Å². The number of benzene rings is 2. The minimum Gasteiger partial charge on any atom is -0.497 e. The Balaban J connectivity index is 1.49. The maximum Gasteiger partial charge on any atom is 0.282 e. The van der Waals surface area contributed by atoms with Gasteiger partial charge in [-0.3, -0.25) is 4.79 Å². The molecule has 4 rings (SSSR count). The third kappa shape index (κ3) is 4.22.